The van der Waals surface area contributed by atoms with Crippen LogP contribution in [0.3, 0.4) is 0 Å². The van der Waals surface area contributed by atoms with Gasteiger partial charge in [-0.05, 0) is 26.0 Å². The molecule has 0 aliphatic heterocycles. The average Bonchev–Trinajstić information content (AvgIpc) is 2.77. The van der Waals surface area contributed by atoms with Gasteiger partial charge in [-0.25, -0.2) is 0 Å². The molecule has 0 unspecified atom stereocenters. The molecule has 0 bridgehead atoms. The Morgan fingerprint density at radius 1 is 1.38 bits per heavy atom. The number of anilines is 1. The van der Waals surface area contributed by atoms with Crippen molar-refractivity contribution in [3.8, 4) is 0 Å². The fraction of sp³-hybridized carbons (Fsp3) is 0.143. The maximum absolute atomic E-state index is 11.8. The number of aromatic nitrogens is 2. The van der Waals surface area contributed by atoms with E-state index in [2.05, 4.69) is 15.5 Å². The number of nitro benzene ring substituents is 1. The number of nitrogens with zero attached hydrogens (tertiary/aromatic N) is 2. The number of rotatable bonds is 4. The van der Waals surface area contributed by atoms with Crippen LogP contribution in [0.5, 0.6) is 0 Å². The van der Waals surface area contributed by atoms with Crippen molar-refractivity contribution in [2.45, 2.75) is 13.8 Å². The molecule has 0 spiro atoms. The van der Waals surface area contributed by atoms with Gasteiger partial charge in [0.15, 0.2) is 5.82 Å². The SMILES string of the molecule is Cc1[nH]nc(NC(=O)/C=C/c2ccccc2[N+](=O)[O-])c1C. The van der Waals surface area contributed by atoms with Crippen LogP contribution in [0.1, 0.15) is 16.8 Å². The Bertz CT molecular complexity index is 719. The van der Waals surface area contributed by atoms with Gasteiger partial charge in [-0.1, -0.05) is 12.1 Å². The lowest BCUT2D eigenvalue weighted by Gasteiger charge is -1.99. The summed E-state index contributed by atoms with van der Waals surface area (Å²) < 4.78 is 0. The maximum Gasteiger partial charge on any atom is 0.276 e. The van der Waals surface area contributed by atoms with E-state index < -0.39 is 10.8 Å². The molecule has 2 N–H and O–H groups in total. The van der Waals surface area contributed by atoms with Crippen LogP contribution >= 0.6 is 0 Å². The third-order valence-corrected chi connectivity index (χ3v) is 3.04. The highest BCUT2D eigenvalue weighted by atomic mass is 16.6. The van der Waals surface area contributed by atoms with Crippen molar-refractivity contribution in [3.63, 3.8) is 0 Å². The molecule has 1 amide bonds. The number of hydrogen-bond donors (Lipinski definition) is 2. The smallest absolute Gasteiger partial charge is 0.276 e. The Kier molecular flexibility index (Phi) is 4.13. The van der Waals surface area contributed by atoms with Crippen molar-refractivity contribution in [2.24, 2.45) is 0 Å². The molecule has 0 fully saturated rings. The first kappa shape index (κ1) is 14.4. The van der Waals surface area contributed by atoms with Crippen molar-refractivity contribution in [3.05, 3.63) is 57.3 Å². The summed E-state index contributed by atoms with van der Waals surface area (Å²) in [6.45, 7) is 3.68. The van der Waals surface area contributed by atoms with E-state index in [0.29, 0.717) is 11.4 Å². The minimum absolute atomic E-state index is 0.0478. The van der Waals surface area contributed by atoms with Gasteiger partial charge in [0.1, 0.15) is 0 Å². The molecule has 1 aromatic heterocycles. The van der Waals surface area contributed by atoms with Gasteiger partial charge in [-0.2, -0.15) is 5.10 Å². The van der Waals surface area contributed by atoms with Crippen LogP contribution in [0.4, 0.5) is 11.5 Å². The molecular weight excluding hydrogens is 272 g/mol. The van der Waals surface area contributed by atoms with Crippen molar-refractivity contribution in [2.75, 3.05) is 5.32 Å². The van der Waals surface area contributed by atoms with E-state index in [1.807, 2.05) is 13.8 Å². The molecule has 2 aromatic rings. The molecule has 0 saturated carbocycles. The lowest BCUT2D eigenvalue weighted by atomic mass is 10.1. The van der Waals surface area contributed by atoms with Gasteiger partial charge >= 0.3 is 0 Å². The number of carbonyl (C=O) groups excluding carboxylic acids is 1. The number of H-pyrrole nitrogens is 1. The summed E-state index contributed by atoms with van der Waals surface area (Å²) in [5, 5.41) is 20.2. The number of benzene rings is 1. The fourth-order valence-corrected chi connectivity index (χ4v) is 1.73. The summed E-state index contributed by atoms with van der Waals surface area (Å²) in [4.78, 5) is 22.2. The fourth-order valence-electron chi connectivity index (χ4n) is 1.73. The van der Waals surface area contributed by atoms with E-state index in [9.17, 15) is 14.9 Å². The second-order valence-corrected chi connectivity index (χ2v) is 4.46. The second-order valence-electron chi connectivity index (χ2n) is 4.46. The Balaban J connectivity index is 2.13. The van der Waals surface area contributed by atoms with Crippen LogP contribution in [0, 0.1) is 24.0 Å². The highest BCUT2D eigenvalue weighted by Gasteiger charge is 2.11. The summed E-state index contributed by atoms with van der Waals surface area (Å²) in [5.74, 6) is 0.0486. The monoisotopic (exact) mass is 286 g/mol. The number of nitro groups is 1. The van der Waals surface area contributed by atoms with E-state index in [0.717, 1.165) is 11.3 Å². The number of hydrogen-bond acceptors (Lipinski definition) is 4. The molecule has 1 heterocycles. The molecule has 7 nitrogen and oxygen atoms in total. The van der Waals surface area contributed by atoms with E-state index in [-0.39, 0.29) is 5.69 Å². The predicted octanol–water partition coefficient (Wildman–Crippen LogP) is 2.59. The van der Waals surface area contributed by atoms with E-state index >= 15 is 0 Å². The minimum Gasteiger partial charge on any atom is -0.305 e. The summed E-state index contributed by atoms with van der Waals surface area (Å²) in [5.41, 5.74) is 2.04. The Labute approximate surface area is 120 Å². The van der Waals surface area contributed by atoms with Crippen LogP contribution < -0.4 is 5.32 Å². The number of nitrogens with one attached hydrogen (secondary N) is 2. The largest absolute Gasteiger partial charge is 0.305 e. The Morgan fingerprint density at radius 2 is 2.10 bits per heavy atom. The van der Waals surface area contributed by atoms with Crippen LogP contribution in [-0.4, -0.2) is 21.0 Å². The molecule has 0 saturated heterocycles. The van der Waals surface area contributed by atoms with Gasteiger partial charge in [0.2, 0.25) is 5.91 Å². The molecule has 108 valence electrons. The highest BCUT2D eigenvalue weighted by molar-refractivity contribution is 6.02. The zero-order chi connectivity index (χ0) is 15.4. The summed E-state index contributed by atoms with van der Waals surface area (Å²) in [6, 6.07) is 6.21. The molecule has 21 heavy (non-hydrogen) atoms. The first-order valence-corrected chi connectivity index (χ1v) is 6.23. The van der Waals surface area contributed by atoms with Crippen LogP contribution in [0.2, 0.25) is 0 Å². The Morgan fingerprint density at radius 3 is 2.71 bits per heavy atom. The van der Waals surface area contributed by atoms with Crippen molar-refractivity contribution >= 4 is 23.5 Å². The molecule has 0 aliphatic rings. The number of carbonyl (C=O) groups is 1. The number of para-hydroxylation sites is 1. The molecule has 7 heteroatoms. The third kappa shape index (κ3) is 3.33. The Hall–Kier alpha value is -2.96. The summed E-state index contributed by atoms with van der Waals surface area (Å²) >= 11 is 0. The lowest BCUT2D eigenvalue weighted by Crippen LogP contribution is -2.09. The van der Waals surface area contributed by atoms with Gasteiger partial charge < -0.3 is 5.32 Å². The molecule has 2 rings (SSSR count). The first-order valence-electron chi connectivity index (χ1n) is 6.23. The zero-order valence-electron chi connectivity index (χ0n) is 11.6. The van der Waals surface area contributed by atoms with Crippen LogP contribution in [-0.2, 0) is 4.79 Å². The number of aromatic amines is 1. The van der Waals surface area contributed by atoms with Gasteiger partial charge in [-0.3, -0.25) is 20.0 Å². The number of aryl methyl sites for hydroxylation is 1. The molecule has 1 aromatic carbocycles. The van der Waals surface area contributed by atoms with Crippen LogP contribution in [0.15, 0.2) is 30.3 Å². The van der Waals surface area contributed by atoms with Gasteiger partial charge in [0.05, 0.1) is 10.5 Å². The molecule has 0 radical (unpaired) electrons. The lowest BCUT2D eigenvalue weighted by molar-refractivity contribution is -0.385. The zero-order valence-corrected chi connectivity index (χ0v) is 11.6. The molecular formula is C14H14N4O3. The topological polar surface area (TPSA) is 101 Å². The minimum atomic E-state index is -0.487. The second kappa shape index (κ2) is 6.00. The quantitative estimate of drug-likeness (QED) is 0.512. The maximum atomic E-state index is 11.8. The van der Waals surface area contributed by atoms with Crippen LogP contribution in [0.25, 0.3) is 6.08 Å². The van der Waals surface area contributed by atoms with E-state index in [1.165, 1.54) is 18.2 Å². The summed E-state index contributed by atoms with van der Waals surface area (Å²) in [7, 11) is 0. The van der Waals surface area contributed by atoms with E-state index in [4.69, 9.17) is 0 Å². The average molecular weight is 286 g/mol. The van der Waals surface area contributed by atoms with Gasteiger partial charge in [0, 0.05) is 23.4 Å². The first-order chi connectivity index (χ1) is 9.99. The van der Waals surface area contributed by atoms with E-state index in [1.54, 1.807) is 18.2 Å². The predicted molar refractivity (Wildman–Crippen MR) is 78.8 cm³/mol. The van der Waals surface area contributed by atoms with Gasteiger partial charge in [0.25, 0.3) is 5.69 Å². The normalized spacial score (nSPS) is 10.8. The highest BCUT2D eigenvalue weighted by Crippen LogP contribution is 2.19. The standard InChI is InChI=1S/C14H14N4O3/c1-9-10(2)16-17-14(9)15-13(19)8-7-11-5-3-4-6-12(11)18(20)21/h3-8H,1-2H3,(H2,15,16,17,19)/b8-7+. The molecule has 0 atom stereocenters. The van der Waals surface area contributed by atoms with Gasteiger partial charge in [-0.15, -0.1) is 0 Å². The van der Waals surface area contributed by atoms with Crippen molar-refractivity contribution < 1.29 is 9.72 Å². The third-order valence-electron chi connectivity index (χ3n) is 3.04. The summed E-state index contributed by atoms with van der Waals surface area (Å²) in [6.07, 6.45) is 2.65. The van der Waals surface area contributed by atoms with Crippen molar-refractivity contribution in [1.29, 1.82) is 0 Å². The molecule has 0 aliphatic carbocycles. The number of amides is 1. The van der Waals surface area contributed by atoms with Crippen molar-refractivity contribution in [1.82, 2.24) is 10.2 Å².